The Morgan fingerprint density at radius 3 is 3.00 bits per heavy atom. The summed E-state index contributed by atoms with van der Waals surface area (Å²) in [5.74, 6) is 0. The summed E-state index contributed by atoms with van der Waals surface area (Å²) in [6.07, 6.45) is 7.57. The van der Waals surface area contributed by atoms with E-state index in [-0.39, 0.29) is 0 Å². The van der Waals surface area contributed by atoms with Gasteiger partial charge in [-0.05, 0) is 24.1 Å². The first-order valence-electron chi connectivity index (χ1n) is 4.66. The molecule has 2 rings (SSSR count). The number of carbonyl (C=O) groups is 1. The average Bonchev–Trinajstić information content (AvgIpc) is 2.69. The van der Waals surface area contributed by atoms with Crippen molar-refractivity contribution in [2.75, 3.05) is 0 Å². The highest BCUT2D eigenvalue weighted by atomic mass is 16.1. The molecule has 2 heterocycles. The zero-order chi connectivity index (χ0) is 10.7. The van der Waals surface area contributed by atoms with Gasteiger partial charge in [0.1, 0.15) is 5.69 Å². The highest BCUT2D eigenvalue weighted by molar-refractivity contribution is 5.71. The highest BCUT2D eigenvalue weighted by Gasteiger charge is 2.03. The average molecular weight is 201 g/mol. The second-order valence-corrected chi connectivity index (χ2v) is 3.37. The highest BCUT2D eigenvalue weighted by Crippen LogP contribution is 2.08. The maximum absolute atomic E-state index is 10.7. The summed E-state index contributed by atoms with van der Waals surface area (Å²) in [7, 11) is 0. The molecule has 15 heavy (non-hydrogen) atoms. The van der Waals surface area contributed by atoms with E-state index in [1.54, 1.807) is 23.3 Å². The number of nitrogens with zero attached hydrogens (tertiary/aromatic N) is 3. The summed E-state index contributed by atoms with van der Waals surface area (Å²) in [5.41, 5.74) is 2.84. The third kappa shape index (κ3) is 1.93. The third-order valence-corrected chi connectivity index (χ3v) is 2.35. The molecule has 0 saturated heterocycles. The Morgan fingerprint density at radius 1 is 1.40 bits per heavy atom. The lowest BCUT2D eigenvalue weighted by atomic mass is 10.1. The zero-order valence-electron chi connectivity index (χ0n) is 8.42. The van der Waals surface area contributed by atoms with Crippen LogP contribution in [0, 0.1) is 6.92 Å². The number of aldehydes is 1. The van der Waals surface area contributed by atoms with Gasteiger partial charge in [-0.3, -0.25) is 9.78 Å². The van der Waals surface area contributed by atoms with Gasteiger partial charge in [-0.25, -0.2) is 4.98 Å². The molecule has 2 aromatic heterocycles. The van der Waals surface area contributed by atoms with Gasteiger partial charge in [-0.2, -0.15) is 0 Å². The van der Waals surface area contributed by atoms with E-state index in [2.05, 4.69) is 9.97 Å². The van der Waals surface area contributed by atoms with Crippen LogP contribution in [0.5, 0.6) is 0 Å². The third-order valence-electron chi connectivity index (χ3n) is 2.35. The monoisotopic (exact) mass is 201 g/mol. The van der Waals surface area contributed by atoms with Crippen LogP contribution in [0.4, 0.5) is 0 Å². The molecule has 2 aromatic rings. The minimum Gasteiger partial charge on any atom is -0.324 e. The van der Waals surface area contributed by atoms with E-state index in [4.69, 9.17) is 0 Å². The van der Waals surface area contributed by atoms with Crippen LogP contribution in [0.2, 0.25) is 0 Å². The van der Waals surface area contributed by atoms with Crippen LogP contribution in [0.3, 0.4) is 0 Å². The molecule has 4 nitrogen and oxygen atoms in total. The van der Waals surface area contributed by atoms with Crippen molar-refractivity contribution in [2.45, 2.75) is 13.5 Å². The first-order valence-corrected chi connectivity index (χ1v) is 4.66. The van der Waals surface area contributed by atoms with E-state index >= 15 is 0 Å². The minimum atomic E-state index is 0.582. The molecule has 0 aliphatic carbocycles. The standard InChI is InChI=1S/C11H11N3O/c1-9-2-3-12-4-10(9)6-14-8-13-5-11(14)7-15/h2-5,7-8H,6H2,1H3. The first-order chi connectivity index (χ1) is 7.31. The topological polar surface area (TPSA) is 47.8 Å². The fourth-order valence-corrected chi connectivity index (χ4v) is 1.41. The fraction of sp³-hybridized carbons (Fsp3) is 0.182. The van der Waals surface area contributed by atoms with Gasteiger partial charge in [-0.1, -0.05) is 0 Å². The summed E-state index contributed by atoms with van der Waals surface area (Å²) in [4.78, 5) is 18.7. The predicted octanol–water partition coefficient (Wildman–Crippen LogP) is 1.45. The van der Waals surface area contributed by atoms with Gasteiger partial charge in [0.05, 0.1) is 19.1 Å². The van der Waals surface area contributed by atoms with E-state index in [1.807, 2.05) is 19.2 Å². The van der Waals surface area contributed by atoms with Gasteiger partial charge in [0.2, 0.25) is 0 Å². The number of aromatic nitrogens is 3. The summed E-state index contributed by atoms with van der Waals surface area (Å²) in [6, 6.07) is 1.95. The Hall–Kier alpha value is -1.97. The van der Waals surface area contributed by atoms with Crippen LogP contribution in [-0.2, 0) is 6.54 Å². The van der Waals surface area contributed by atoms with E-state index < -0.39 is 0 Å². The number of pyridine rings is 1. The van der Waals surface area contributed by atoms with Crippen molar-refractivity contribution < 1.29 is 4.79 Å². The van der Waals surface area contributed by atoms with Crippen molar-refractivity contribution in [1.29, 1.82) is 0 Å². The molecule has 0 amide bonds. The van der Waals surface area contributed by atoms with Crippen LogP contribution in [0.15, 0.2) is 31.0 Å². The molecule has 0 radical (unpaired) electrons. The number of rotatable bonds is 3. The van der Waals surface area contributed by atoms with Crippen molar-refractivity contribution >= 4 is 6.29 Å². The Balaban J connectivity index is 2.29. The lowest BCUT2D eigenvalue weighted by Crippen LogP contribution is -2.04. The zero-order valence-corrected chi connectivity index (χ0v) is 8.42. The Labute approximate surface area is 87.6 Å². The molecule has 0 aliphatic rings. The number of hydrogen-bond acceptors (Lipinski definition) is 3. The van der Waals surface area contributed by atoms with Gasteiger partial charge < -0.3 is 4.57 Å². The first kappa shape index (κ1) is 9.58. The van der Waals surface area contributed by atoms with E-state index in [0.29, 0.717) is 12.2 Å². The maximum Gasteiger partial charge on any atom is 0.168 e. The maximum atomic E-state index is 10.7. The normalized spacial score (nSPS) is 10.2. The van der Waals surface area contributed by atoms with Gasteiger partial charge in [0.25, 0.3) is 0 Å². The molecule has 0 fully saturated rings. The molecule has 0 N–H and O–H groups in total. The summed E-state index contributed by atoms with van der Waals surface area (Å²) < 4.78 is 1.80. The van der Waals surface area contributed by atoms with Crippen molar-refractivity contribution in [3.8, 4) is 0 Å². The molecule has 0 spiro atoms. The van der Waals surface area contributed by atoms with Crippen LogP contribution in [0.25, 0.3) is 0 Å². The largest absolute Gasteiger partial charge is 0.324 e. The minimum absolute atomic E-state index is 0.582. The second kappa shape index (κ2) is 4.04. The lowest BCUT2D eigenvalue weighted by Gasteiger charge is -2.06. The van der Waals surface area contributed by atoms with Gasteiger partial charge in [-0.15, -0.1) is 0 Å². The number of carbonyl (C=O) groups excluding carboxylic acids is 1. The van der Waals surface area contributed by atoms with Crippen molar-refractivity contribution in [3.63, 3.8) is 0 Å². The molecule has 0 unspecified atom stereocenters. The molecule has 0 aliphatic heterocycles. The smallest absolute Gasteiger partial charge is 0.168 e. The Kier molecular flexibility index (Phi) is 2.58. The molecule has 76 valence electrons. The molecular formula is C11H11N3O. The van der Waals surface area contributed by atoms with Gasteiger partial charge in [0.15, 0.2) is 6.29 Å². The number of aryl methyl sites for hydroxylation is 1. The van der Waals surface area contributed by atoms with Gasteiger partial charge >= 0.3 is 0 Å². The van der Waals surface area contributed by atoms with E-state index in [0.717, 1.165) is 17.4 Å². The second-order valence-electron chi connectivity index (χ2n) is 3.37. The molecule has 4 heteroatoms. The molecule has 0 bridgehead atoms. The van der Waals surface area contributed by atoms with Crippen LogP contribution in [-0.4, -0.2) is 20.8 Å². The van der Waals surface area contributed by atoms with Crippen LogP contribution < -0.4 is 0 Å². The summed E-state index contributed by atoms with van der Waals surface area (Å²) in [6.45, 7) is 2.66. The number of imidazole rings is 1. The van der Waals surface area contributed by atoms with Crippen molar-refractivity contribution in [2.24, 2.45) is 0 Å². The van der Waals surface area contributed by atoms with Crippen LogP contribution >= 0.6 is 0 Å². The molecular weight excluding hydrogens is 190 g/mol. The summed E-state index contributed by atoms with van der Waals surface area (Å²) in [5, 5.41) is 0. The van der Waals surface area contributed by atoms with E-state index in [1.165, 1.54) is 0 Å². The predicted molar refractivity (Wildman–Crippen MR) is 55.7 cm³/mol. The van der Waals surface area contributed by atoms with Crippen LogP contribution in [0.1, 0.15) is 21.6 Å². The molecule has 0 atom stereocenters. The molecule has 0 saturated carbocycles. The Bertz CT molecular complexity index is 476. The Morgan fingerprint density at radius 2 is 2.27 bits per heavy atom. The quantitative estimate of drug-likeness (QED) is 0.706. The van der Waals surface area contributed by atoms with Gasteiger partial charge in [0, 0.05) is 12.4 Å². The van der Waals surface area contributed by atoms with Crippen molar-refractivity contribution in [1.82, 2.24) is 14.5 Å². The number of hydrogen-bond donors (Lipinski definition) is 0. The lowest BCUT2D eigenvalue weighted by molar-refractivity contribution is 0.111. The molecule has 0 aromatic carbocycles. The SMILES string of the molecule is Cc1ccncc1Cn1cncc1C=O. The summed E-state index contributed by atoms with van der Waals surface area (Å²) >= 11 is 0. The fourth-order valence-electron chi connectivity index (χ4n) is 1.41. The van der Waals surface area contributed by atoms with E-state index in [9.17, 15) is 4.79 Å². The van der Waals surface area contributed by atoms with Crippen molar-refractivity contribution in [3.05, 3.63) is 47.8 Å².